The van der Waals surface area contributed by atoms with Crippen LogP contribution in [0.15, 0.2) is 59.5 Å². The van der Waals surface area contributed by atoms with Crippen molar-refractivity contribution in [2.75, 3.05) is 19.0 Å². The minimum absolute atomic E-state index is 0.0321. The molecule has 1 amide bonds. The average molecular weight is 647 g/mol. The van der Waals surface area contributed by atoms with Crippen LogP contribution in [0.5, 0.6) is 11.5 Å². The summed E-state index contributed by atoms with van der Waals surface area (Å²) in [7, 11) is 1.19. The van der Waals surface area contributed by atoms with Crippen molar-refractivity contribution < 1.29 is 50.5 Å². The molecule has 3 rings (SSSR count). The number of alkyl halides is 5. The molecule has 1 heterocycles. The van der Waals surface area contributed by atoms with Gasteiger partial charge < -0.3 is 19.5 Å². The minimum Gasteiger partial charge on any atom is -0.495 e. The van der Waals surface area contributed by atoms with E-state index in [0.717, 1.165) is 22.9 Å². The second-order valence-electron chi connectivity index (χ2n) is 10.2. The van der Waals surface area contributed by atoms with Crippen molar-refractivity contribution in [1.29, 1.82) is 0 Å². The van der Waals surface area contributed by atoms with E-state index in [2.05, 4.69) is 14.8 Å². The minimum atomic E-state index is -5.00. The standard InChI is InChI=1S/C29H28ClF5N2O7/c1-28(2,3)44-26(40)16-5-8-18(9-6-16)36-25(39)21(11-12-42-29(33,34)35)37-15-23(41-4)20(14-24(37)38)19-13-17(30)7-10-22(19)43-27(31)32/h5-10,13-15,21,27H,11-12H2,1-4H3,(H,36,39). The largest absolute Gasteiger partial charge is 0.522 e. The number of ether oxygens (including phenoxy) is 4. The van der Waals surface area contributed by atoms with Crippen molar-refractivity contribution in [3.8, 4) is 22.6 Å². The topological polar surface area (TPSA) is 105 Å². The van der Waals surface area contributed by atoms with Crippen LogP contribution >= 0.6 is 11.6 Å². The molecule has 0 aliphatic heterocycles. The summed E-state index contributed by atoms with van der Waals surface area (Å²) in [5, 5.41) is 2.62. The summed E-state index contributed by atoms with van der Waals surface area (Å²) in [6.45, 7) is 0.877. The number of carbonyl (C=O) groups is 2. The summed E-state index contributed by atoms with van der Waals surface area (Å²) in [5.74, 6) is -1.95. The number of rotatable bonds is 11. The fourth-order valence-corrected chi connectivity index (χ4v) is 4.16. The molecule has 0 spiro atoms. The first-order valence-electron chi connectivity index (χ1n) is 12.9. The summed E-state index contributed by atoms with van der Waals surface area (Å²) in [5.41, 5.74) is -1.37. The first-order chi connectivity index (χ1) is 20.5. The molecule has 44 heavy (non-hydrogen) atoms. The van der Waals surface area contributed by atoms with Crippen LogP contribution in [-0.2, 0) is 14.3 Å². The van der Waals surface area contributed by atoms with Gasteiger partial charge in [0.15, 0.2) is 0 Å². The van der Waals surface area contributed by atoms with E-state index in [4.69, 9.17) is 21.1 Å². The van der Waals surface area contributed by atoms with Gasteiger partial charge in [-0.1, -0.05) is 11.6 Å². The van der Waals surface area contributed by atoms with Crippen LogP contribution in [0.4, 0.5) is 27.6 Å². The Kier molecular flexibility index (Phi) is 11.0. The predicted molar refractivity (Wildman–Crippen MR) is 150 cm³/mol. The summed E-state index contributed by atoms with van der Waals surface area (Å²) < 4.78 is 84.1. The van der Waals surface area contributed by atoms with E-state index in [0.29, 0.717) is 0 Å². The number of halogens is 6. The molecule has 1 atom stereocenters. The van der Waals surface area contributed by atoms with Crippen molar-refractivity contribution in [1.82, 2.24) is 4.57 Å². The van der Waals surface area contributed by atoms with Crippen LogP contribution < -0.4 is 20.3 Å². The molecular weight excluding hydrogens is 619 g/mol. The molecule has 1 aromatic heterocycles. The number of anilines is 1. The second-order valence-corrected chi connectivity index (χ2v) is 10.6. The quantitative estimate of drug-likeness (QED) is 0.180. The normalized spacial score (nSPS) is 12.5. The van der Waals surface area contributed by atoms with Crippen molar-refractivity contribution >= 4 is 29.2 Å². The summed E-state index contributed by atoms with van der Waals surface area (Å²) >= 11 is 6.04. The maximum Gasteiger partial charge on any atom is 0.522 e. The Labute approximate surface area is 253 Å². The lowest BCUT2D eigenvalue weighted by molar-refractivity contribution is -0.325. The highest BCUT2D eigenvalue weighted by molar-refractivity contribution is 6.31. The molecule has 2 aromatic carbocycles. The summed E-state index contributed by atoms with van der Waals surface area (Å²) in [6, 6.07) is 8.58. The lowest BCUT2D eigenvalue weighted by Crippen LogP contribution is -2.34. The maximum absolute atomic E-state index is 13.3. The smallest absolute Gasteiger partial charge is 0.495 e. The lowest BCUT2D eigenvalue weighted by Gasteiger charge is -2.22. The molecule has 0 aliphatic carbocycles. The van der Waals surface area contributed by atoms with Crippen LogP contribution in [0.25, 0.3) is 11.1 Å². The molecule has 0 saturated carbocycles. The highest BCUT2D eigenvalue weighted by atomic mass is 35.5. The second kappa shape index (κ2) is 14.1. The van der Waals surface area contributed by atoms with Gasteiger partial charge in [-0.05, 0) is 63.2 Å². The van der Waals surface area contributed by atoms with Crippen molar-refractivity contribution in [2.24, 2.45) is 0 Å². The van der Waals surface area contributed by atoms with Gasteiger partial charge in [-0.15, -0.1) is 13.2 Å². The molecule has 0 aliphatic rings. The molecule has 1 N–H and O–H groups in total. The molecule has 238 valence electrons. The Morgan fingerprint density at radius 3 is 2.18 bits per heavy atom. The van der Waals surface area contributed by atoms with Crippen molar-refractivity contribution in [3.63, 3.8) is 0 Å². The first-order valence-corrected chi connectivity index (χ1v) is 13.2. The molecule has 15 heteroatoms. The third-order valence-corrected chi connectivity index (χ3v) is 6.03. The Morgan fingerprint density at radius 2 is 1.61 bits per heavy atom. The van der Waals surface area contributed by atoms with Gasteiger partial charge in [0.2, 0.25) is 5.91 Å². The molecule has 3 aromatic rings. The number of nitrogens with zero attached hydrogens (tertiary/aromatic N) is 1. The number of hydrogen-bond donors (Lipinski definition) is 1. The van der Waals surface area contributed by atoms with E-state index < -0.39 is 55.1 Å². The predicted octanol–water partition coefficient (Wildman–Crippen LogP) is 6.84. The van der Waals surface area contributed by atoms with E-state index in [-0.39, 0.29) is 38.9 Å². The van der Waals surface area contributed by atoms with E-state index in [1.54, 1.807) is 20.8 Å². The Morgan fingerprint density at radius 1 is 0.977 bits per heavy atom. The van der Waals surface area contributed by atoms with Gasteiger partial charge >= 0.3 is 18.9 Å². The zero-order chi connectivity index (χ0) is 32.8. The van der Waals surface area contributed by atoms with Crippen LogP contribution in [0.3, 0.4) is 0 Å². The van der Waals surface area contributed by atoms with E-state index in [9.17, 15) is 36.3 Å². The number of pyridine rings is 1. The van der Waals surface area contributed by atoms with Crippen LogP contribution in [0, 0.1) is 0 Å². The zero-order valence-corrected chi connectivity index (χ0v) is 24.6. The molecule has 0 bridgehead atoms. The number of amides is 1. The fourth-order valence-electron chi connectivity index (χ4n) is 3.99. The summed E-state index contributed by atoms with van der Waals surface area (Å²) in [6.07, 6.45) is -4.56. The number of aromatic nitrogens is 1. The summed E-state index contributed by atoms with van der Waals surface area (Å²) in [4.78, 5) is 38.9. The molecule has 0 saturated heterocycles. The number of hydrogen-bond acceptors (Lipinski definition) is 7. The average Bonchev–Trinajstić information content (AvgIpc) is 2.91. The molecule has 9 nitrogen and oxygen atoms in total. The highest BCUT2D eigenvalue weighted by Crippen LogP contribution is 2.38. The van der Waals surface area contributed by atoms with Gasteiger partial charge in [-0.3, -0.25) is 18.9 Å². The van der Waals surface area contributed by atoms with Crippen LogP contribution in [0.2, 0.25) is 5.02 Å². The van der Waals surface area contributed by atoms with Gasteiger partial charge in [0.25, 0.3) is 5.56 Å². The zero-order valence-electron chi connectivity index (χ0n) is 23.8. The number of nitrogens with one attached hydrogen (secondary N) is 1. The molecule has 1 unspecified atom stereocenters. The number of esters is 1. The van der Waals surface area contributed by atoms with Crippen LogP contribution in [0.1, 0.15) is 43.6 Å². The van der Waals surface area contributed by atoms with Gasteiger partial charge in [0.05, 0.1) is 25.5 Å². The molecular formula is C29H28ClF5N2O7. The van der Waals surface area contributed by atoms with E-state index in [1.165, 1.54) is 43.5 Å². The first kappa shape index (κ1) is 34.3. The Bertz CT molecular complexity index is 1540. The number of benzene rings is 2. The van der Waals surface area contributed by atoms with Gasteiger partial charge in [0, 0.05) is 34.3 Å². The van der Waals surface area contributed by atoms with Gasteiger partial charge in [-0.2, -0.15) is 8.78 Å². The fraction of sp³-hybridized carbons (Fsp3) is 0.345. The van der Waals surface area contributed by atoms with Crippen molar-refractivity contribution in [3.05, 3.63) is 75.7 Å². The lowest BCUT2D eigenvalue weighted by atomic mass is 10.0. The maximum atomic E-state index is 13.3. The Balaban J connectivity index is 1.99. The third kappa shape index (κ3) is 9.67. The van der Waals surface area contributed by atoms with Gasteiger partial charge in [0.1, 0.15) is 23.1 Å². The van der Waals surface area contributed by atoms with E-state index in [1.807, 2.05) is 0 Å². The third-order valence-electron chi connectivity index (χ3n) is 5.79. The number of methoxy groups -OCH3 is 1. The highest BCUT2D eigenvalue weighted by Gasteiger charge is 2.31. The van der Waals surface area contributed by atoms with Gasteiger partial charge in [-0.25, -0.2) is 4.79 Å². The van der Waals surface area contributed by atoms with Crippen molar-refractivity contribution in [2.45, 2.75) is 51.8 Å². The monoisotopic (exact) mass is 646 g/mol. The molecule has 0 fully saturated rings. The molecule has 0 radical (unpaired) electrons. The Hall–Kier alpha value is -4.17. The van der Waals surface area contributed by atoms with E-state index >= 15 is 0 Å². The van der Waals surface area contributed by atoms with Crippen LogP contribution in [-0.4, -0.2) is 48.7 Å². The SMILES string of the molecule is COc1cn(C(CCOC(F)(F)F)C(=O)Nc2ccc(C(=O)OC(C)(C)C)cc2)c(=O)cc1-c1cc(Cl)ccc1OC(F)F. The number of carbonyl (C=O) groups excluding carboxylic acids is 2.